The fraction of sp³-hybridized carbons (Fsp3) is 0.370. The Kier molecular flexibility index (Phi) is 8.70. The van der Waals surface area contributed by atoms with E-state index in [0.717, 1.165) is 24.2 Å². The number of anilines is 1. The van der Waals surface area contributed by atoms with Crippen molar-refractivity contribution < 1.29 is 23.4 Å². The van der Waals surface area contributed by atoms with E-state index in [0.29, 0.717) is 39.4 Å². The Morgan fingerprint density at radius 2 is 2.00 bits per heavy atom. The summed E-state index contributed by atoms with van der Waals surface area (Å²) in [6, 6.07) is 11.3. The number of hydrogen-bond donors (Lipinski definition) is 1. The number of esters is 1. The molecule has 4 rings (SSSR count). The fourth-order valence-electron chi connectivity index (χ4n) is 4.03. The topological polar surface area (TPSA) is 87.5 Å². The Balaban J connectivity index is 1.69. The van der Waals surface area contributed by atoms with Crippen LogP contribution in [-0.2, 0) is 16.1 Å². The molecule has 0 amide bonds. The van der Waals surface area contributed by atoms with E-state index in [2.05, 4.69) is 17.2 Å². The van der Waals surface area contributed by atoms with Crippen LogP contribution in [0.15, 0.2) is 58.9 Å². The predicted molar refractivity (Wildman–Crippen MR) is 140 cm³/mol. The molecule has 1 unspecified atom stereocenters. The molecule has 0 spiro atoms. The van der Waals surface area contributed by atoms with Gasteiger partial charge in [-0.1, -0.05) is 49.4 Å². The van der Waals surface area contributed by atoms with Gasteiger partial charge in [0.05, 0.1) is 19.3 Å². The lowest BCUT2D eigenvalue weighted by atomic mass is 9.95. The van der Waals surface area contributed by atoms with E-state index in [4.69, 9.17) is 19.3 Å². The Morgan fingerprint density at radius 1 is 1.19 bits per heavy atom. The summed E-state index contributed by atoms with van der Waals surface area (Å²) in [5.74, 6) is 1.60. The number of methoxy groups -OCH3 is 1. The monoisotopic (exact) mass is 526 g/mol. The Hall–Kier alpha value is -3.53. The molecule has 0 bridgehead atoms. The van der Waals surface area contributed by atoms with Gasteiger partial charge >= 0.3 is 5.97 Å². The van der Waals surface area contributed by atoms with Crippen LogP contribution in [0, 0.1) is 5.82 Å². The highest BCUT2D eigenvalue weighted by molar-refractivity contribution is 7.99. The highest BCUT2D eigenvalue weighted by Gasteiger charge is 2.35. The summed E-state index contributed by atoms with van der Waals surface area (Å²) in [6.07, 6.45) is 2.14. The van der Waals surface area contributed by atoms with Crippen molar-refractivity contribution in [2.45, 2.75) is 51.4 Å². The number of allylic oxidation sites excluding steroid dienone is 1. The number of halogens is 1. The summed E-state index contributed by atoms with van der Waals surface area (Å²) >= 11 is 1.58. The number of thioether (sulfide) groups is 1. The Morgan fingerprint density at radius 3 is 2.73 bits per heavy atom. The van der Waals surface area contributed by atoms with Crippen molar-refractivity contribution in [2.75, 3.05) is 24.8 Å². The first-order valence-corrected chi connectivity index (χ1v) is 13.2. The van der Waals surface area contributed by atoms with Gasteiger partial charge in [0.2, 0.25) is 11.1 Å². The van der Waals surface area contributed by atoms with Gasteiger partial charge in [-0.15, -0.1) is 5.10 Å². The SMILES string of the molecule is CCCCSc1nc2n(n1)C(c1ccc(OCc3ccccc3F)c(OC)c1)C(C(=O)OCC)=C(C)N2. The number of unbranched alkanes of at least 4 members (excludes halogenated alkanes) is 1. The molecule has 196 valence electrons. The number of carbonyl (C=O) groups excluding carboxylic acids is 1. The van der Waals surface area contributed by atoms with Crippen LogP contribution >= 0.6 is 11.8 Å². The van der Waals surface area contributed by atoms with Gasteiger partial charge in [0.1, 0.15) is 18.5 Å². The summed E-state index contributed by atoms with van der Waals surface area (Å²) in [4.78, 5) is 17.7. The molecule has 0 fully saturated rings. The van der Waals surface area contributed by atoms with E-state index in [1.165, 1.54) is 13.2 Å². The van der Waals surface area contributed by atoms with Crippen molar-refractivity contribution in [3.63, 3.8) is 0 Å². The van der Waals surface area contributed by atoms with Gasteiger partial charge < -0.3 is 19.5 Å². The molecule has 2 aromatic carbocycles. The van der Waals surface area contributed by atoms with Gasteiger partial charge in [-0.25, -0.2) is 13.9 Å². The average molecular weight is 527 g/mol. The average Bonchev–Trinajstić information content (AvgIpc) is 3.29. The maximum Gasteiger partial charge on any atom is 0.338 e. The molecule has 1 aromatic heterocycles. The number of hydrogen-bond acceptors (Lipinski definition) is 8. The van der Waals surface area contributed by atoms with E-state index in [1.54, 1.807) is 53.7 Å². The standard InChI is InChI=1S/C27H31FN4O4S/c1-5-7-14-37-27-30-26-29-17(3)23(25(33)35-6-2)24(32(26)31-27)18-12-13-21(22(15-18)34-4)36-16-19-10-8-9-11-20(19)28/h8-13,15,24H,5-7,14,16H2,1-4H3,(H,29,30,31). The highest BCUT2D eigenvalue weighted by Crippen LogP contribution is 2.40. The minimum absolute atomic E-state index is 0.0500. The van der Waals surface area contributed by atoms with E-state index in [9.17, 15) is 9.18 Å². The molecule has 0 aliphatic carbocycles. The fourth-order valence-corrected chi connectivity index (χ4v) is 4.94. The molecular weight excluding hydrogens is 495 g/mol. The van der Waals surface area contributed by atoms with Crippen molar-refractivity contribution in [3.05, 3.63) is 70.7 Å². The van der Waals surface area contributed by atoms with Crippen LogP contribution in [0.2, 0.25) is 0 Å². The van der Waals surface area contributed by atoms with E-state index in [1.807, 2.05) is 13.0 Å². The number of fused-ring (bicyclic) bond motifs is 1. The first-order valence-electron chi connectivity index (χ1n) is 12.2. The van der Waals surface area contributed by atoms with Gasteiger partial charge in [-0.05, 0) is 44.0 Å². The third kappa shape index (κ3) is 5.90. The molecule has 2 heterocycles. The molecule has 1 N–H and O–H groups in total. The Labute approximate surface area is 220 Å². The summed E-state index contributed by atoms with van der Waals surface area (Å²) in [5, 5.41) is 8.56. The summed E-state index contributed by atoms with van der Waals surface area (Å²) in [7, 11) is 1.54. The number of aromatic nitrogens is 3. The highest BCUT2D eigenvalue weighted by atomic mass is 32.2. The normalized spacial score (nSPS) is 14.7. The molecule has 1 atom stereocenters. The number of rotatable bonds is 11. The molecule has 10 heteroatoms. The Bertz CT molecular complexity index is 1290. The zero-order valence-corrected chi connectivity index (χ0v) is 22.2. The summed E-state index contributed by atoms with van der Waals surface area (Å²) in [6.45, 7) is 6.03. The molecule has 0 saturated heterocycles. The molecule has 1 aliphatic rings. The second kappa shape index (κ2) is 12.1. The number of nitrogens with zero attached hydrogens (tertiary/aromatic N) is 3. The quantitative estimate of drug-likeness (QED) is 0.192. The molecule has 0 saturated carbocycles. The number of carbonyl (C=O) groups is 1. The lowest BCUT2D eigenvalue weighted by Gasteiger charge is -2.28. The van der Waals surface area contributed by atoms with Gasteiger partial charge in [0, 0.05) is 17.0 Å². The van der Waals surface area contributed by atoms with Crippen molar-refractivity contribution >= 4 is 23.7 Å². The smallest absolute Gasteiger partial charge is 0.338 e. The van der Waals surface area contributed by atoms with Crippen molar-refractivity contribution in [2.24, 2.45) is 0 Å². The maximum absolute atomic E-state index is 14.1. The number of ether oxygens (including phenoxy) is 3. The minimum atomic E-state index is -0.585. The zero-order valence-electron chi connectivity index (χ0n) is 21.4. The van der Waals surface area contributed by atoms with Crippen molar-refractivity contribution in [1.82, 2.24) is 14.8 Å². The predicted octanol–water partition coefficient (Wildman–Crippen LogP) is 5.75. The van der Waals surface area contributed by atoms with Crippen LogP contribution in [0.1, 0.15) is 50.8 Å². The lowest BCUT2D eigenvalue weighted by Crippen LogP contribution is -2.29. The van der Waals surface area contributed by atoms with Crippen LogP contribution in [0.4, 0.5) is 10.3 Å². The van der Waals surface area contributed by atoms with E-state index < -0.39 is 12.0 Å². The van der Waals surface area contributed by atoms with Crippen LogP contribution in [0.5, 0.6) is 11.5 Å². The minimum Gasteiger partial charge on any atom is -0.493 e. The van der Waals surface area contributed by atoms with Gasteiger partial charge in [0.25, 0.3) is 0 Å². The van der Waals surface area contributed by atoms with Gasteiger partial charge in [-0.3, -0.25) is 0 Å². The van der Waals surface area contributed by atoms with Crippen molar-refractivity contribution in [3.8, 4) is 11.5 Å². The summed E-state index contributed by atoms with van der Waals surface area (Å²) in [5.41, 5.74) is 2.27. The van der Waals surface area contributed by atoms with Crippen LogP contribution in [-0.4, -0.2) is 40.2 Å². The van der Waals surface area contributed by atoms with E-state index >= 15 is 0 Å². The molecule has 0 radical (unpaired) electrons. The maximum atomic E-state index is 14.1. The zero-order chi connectivity index (χ0) is 26.4. The third-order valence-electron chi connectivity index (χ3n) is 5.90. The van der Waals surface area contributed by atoms with Crippen LogP contribution < -0.4 is 14.8 Å². The molecular formula is C27H31FN4O4S. The lowest BCUT2D eigenvalue weighted by molar-refractivity contribution is -0.139. The first kappa shape index (κ1) is 26.5. The first-order chi connectivity index (χ1) is 18.0. The molecule has 37 heavy (non-hydrogen) atoms. The van der Waals surface area contributed by atoms with E-state index in [-0.39, 0.29) is 19.0 Å². The largest absolute Gasteiger partial charge is 0.493 e. The number of benzene rings is 2. The summed E-state index contributed by atoms with van der Waals surface area (Å²) < 4.78 is 32.6. The molecule has 8 nitrogen and oxygen atoms in total. The van der Waals surface area contributed by atoms with Crippen LogP contribution in [0.3, 0.4) is 0 Å². The van der Waals surface area contributed by atoms with Crippen molar-refractivity contribution in [1.29, 1.82) is 0 Å². The second-order valence-electron chi connectivity index (χ2n) is 8.44. The van der Waals surface area contributed by atoms with Crippen LogP contribution in [0.25, 0.3) is 0 Å². The molecule has 1 aliphatic heterocycles. The van der Waals surface area contributed by atoms with Gasteiger partial charge in [-0.2, -0.15) is 4.98 Å². The van der Waals surface area contributed by atoms with Gasteiger partial charge in [0.15, 0.2) is 11.5 Å². The molecule has 3 aromatic rings. The number of nitrogens with one attached hydrogen (secondary N) is 1. The second-order valence-corrected chi connectivity index (χ2v) is 9.50. The third-order valence-corrected chi connectivity index (χ3v) is 6.83.